The van der Waals surface area contributed by atoms with Crippen LogP contribution in [-0.2, 0) is 0 Å². The van der Waals surface area contributed by atoms with Gasteiger partial charge in [0.05, 0.1) is 33.1 Å². The van der Waals surface area contributed by atoms with E-state index in [2.05, 4.69) is 250 Å². The van der Waals surface area contributed by atoms with Gasteiger partial charge in [-0.2, -0.15) is 9.97 Å². The number of fused-ring (bicyclic) bond motifs is 16. The molecule has 16 rings (SSSR count). The van der Waals surface area contributed by atoms with Crippen LogP contribution in [0.5, 0.6) is 0 Å². The number of aromatic nitrogens is 6. The molecule has 0 bridgehead atoms. The van der Waals surface area contributed by atoms with Crippen molar-refractivity contribution < 1.29 is 0 Å². The molecule has 0 unspecified atom stereocenters. The van der Waals surface area contributed by atoms with Crippen LogP contribution in [0.3, 0.4) is 0 Å². The van der Waals surface area contributed by atoms with Gasteiger partial charge in [-0.05, 0) is 98.0 Å². The Morgan fingerprint density at radius 1 is 0.240 bits per heavy atom. The quantitative estimate of drug-likeness (QED) is 0.156. The van der Waals surface area contributed by atoms with Gasteiger partial charge in [-0.15, -0.1) is 0 Å². The van der Waals surface area contributed by atoms with Gasteiger partial charge in [0.15, 0.2) is 11.6 Å². The average molecular weight is 955 g/mol. The lowest BCUT2D eigenvalue weighted by molar-refractivity contribution is 0.954. The molecule has 0 saturated carbocycles. The fourth-order valence-electron chi connectivity index (χ4n) is 12.3. The van der Waals surface area contributed by atoms with Crippen LogP contribution in [0, 0.1) is 0 Å². The molecule has 0 spiro atoms. The Balaban J connectivity index is 0.970. The van der Waals surface area contributed by atoms with Crippen LogP contribution in [0.4, 0.5) is 0 Å². The van der Waals surface area contributed by atoms with Gasteiger partial charge in [0, 0.05) is 54.8 Å². The first-order valence-corrected chi connectivity index (χ1v) is 25.5. The molecule has 348 valence electrons. The molecular formula is C69H42N6. The summed E-state index contributed by atoms with van der Waals surface area (Å²) in [7, 11) is 0. The van der Waals surface area contributed by atoms with Crippen molar-refractivity contribution in [2.24, 2.45) is 0 Å². The molecule has 4 aromatic heterocycles. The van der Waals surface area contributed by atoms with Crippen LogP contribution in [0.1, 0.15) is 0 Å². The average Bonchev–Trinajstić information content (AvgIpc) is 4.22. The molecule has 0 N–H and O–H groups in total. The van der Waals surface area contributed by atoms with E-state index in [1.54, 1.807) is 0 Å². The minimum absolute atomic E-state index is 0.544. The molecule has 4 heterocycles. The molecule has 12 aromatic carbocycles. The number of hydrogen-bond donors (Lipinski definition) is 0. The van der Waals surface area contributed by atoms with Gasteiger partial charge in [-0.25, -0.2) is 4.98 Å². The van der Waals surface area contributed by atoms with Gasteiger partial charge in [0.1, 0.15) is 0 Å². The third-order valence-corrected chi connectivity index (χ3v) is 15.5. The molecule has 0 saturated heterocycles. The zero-order valence-electron chi connectivity index (χ0n) is 40.4. The molecule has 0 aliphatic rings. The van der Waals surface area contributed by atoms with E-state index < -0.39 is 0 Å². The first kappa shape index (κ1) is 41.4. The van der Waals surface area contributed by atoms with Gasteiger partial charge >= 0.3 is 0 Å². The van der Waals surface area contributed by atoms with Crippen molar-refractivity contribution in [3.63, 3.8) is 0 Å². The highest BCUT2D eigenvalue weighted by molar-refractivity contribution is 6.26. The van der Waals surface area contributed by atoms with E-state index in [-0.39, 0.29) is 0 Å². The maximum absolute atomic E-state index is 5.62. The summed E-state index contributed by atoms with van der Waals surface area (Å²) in [6, 6.07) is 91.6. The topological polar surface area (TPSA) is 53.5 Å². The van der Waals surface area contributed by atoms with Gasteiger partial charge in [0.2, 0.25) is 5.95 Å². The van der Waals surface area contributed by atoms with E-state index >= 15 is 0 Å². The fourth-order valence-corrected chi connectivity index (χ4v) is 12.3. The van der Waals surface area contributed by atoms with Crippen LogP contribution in [0.25, 0.3) is 149 Å². The lowest BCUT2D eigenvalue weighted by atomic mass is 9.92. The predicted molar refractivity (Wildman–Crippen MR) is 312 cm³/mol. The van der Waals surface area contributed by atoms with Gasteiger partial charge in [-0.1, -0.05) is 200 Å². The summed E-state index contributed by atoms with van der Waals surface area (Å²) in [4.78, 5) is 16.5. The van der Waals surface area contributed by atoms with E-state index in [0.29, 0.717) is 17.6 Å². The number of nitrogens with zero attached hydrogens (tertiary/aromatic N) is 6. The predicted octanol–water partition coefficient (Wildman–Crippen LogP) is 17.6. The maximum Gasteiger partial charge on any atom is 0.238 e. The number of para-hydroxylation sites is 4. The molecule has 75 heavy (non-hydrogen) atoms. The van der Waals surface area contributed by atoms with Crippen LogP contribution in [0.2, 0.25) is 0 Å². The standard InChI is InChI=1S/C69H42N6/c1-3-19-43(20-4-1)67-70-68(58-32-18-36-63-64(58)57-31-13-16-35-62(57)73(63)46-22-5-2-6-23-46)72-69(71-67)75-61-34-15-12-30-54(61)56-40-39-55-53-29-11-14-33-60(53)74(65(55)66(56)75)47-24-17-21-44(41-47)45-37-38-52-50-27-8-7-25-48(50)49-26-9-10-28-51(49)59(52)42-45/h1-42H. The van der Waals surface area contributed by atoms with E-state index in [4.69, 9.17) is 15.0 Å². The van der Waals surface area contributed by atoms with E-state index in [9.17, 15) is 0 Å². The highest BCUT2D eigenvalue weighted by atomic mass is 15.2. The Morgan fingerprint density at radius 2 is 0.693 bits per heavy atom. The summed E-state index contributed by atoms with van der Waals surface area (Å²) in [5, 5.41) is 14.3. The Labute approximate surface area is 430 Å². The summed E-state index contributed by atoms with van der Waals surface area (Å²) < 4.78 is 7.08. The molecular weight excluding hydrogens is 913 g/mol. The molecule has 6 nitrogen and oxygen atoms in total. The normalized spacial score (nSPS) is 12.0. The number of benzene rings is 12. The highest BCUT2D eigenvalue weighted by Gasteiger charge is 2.25. The second-order valence-electron chi connectivity index (χ2n) is 19.5. The molecule has 6 heteroatoms. The Kier molecular flexibility index (Phi) is 8.94. The zero-order chi connectivity index (χ0) is 49.1. The van der Waals surface area contributed by atoms with Gasteiger partial charge in [0.25, 0.3) is 0 Å². The third kappa shape index (κ3) is 6.17. The van der Waals surface area contributed by atoms with Crippen molar-refractivity contribution in [1.82, 2.24) is 28.7 Å². The van der Waals surface area contributed by atoms with E-state index in [0.717, 1.165) is 93.7 Å². The molecule has 0 aliphatic heterocycles. The maximum atomic E-state index is 5.62. The molecule has 0 fully saturated rings. The van der Waals surface area contributed by atoms with Crippen LogP contribution in [-0.4, -0.2) is 28.7 Å². The number of hydrogen-bond acceptors (Lipinski definition) is 3. The lowest BCUT2D eigenvalue weighted by Crippen LogP contribution is -2.07. The van der Waals surface area contributed by atoms with E-state index in [1.165, 1.54) is 37.7 Å². The molecule has 16 aromatic rings. The van der Waals surface area contributed by atoms with Gasteiger partial charge < -0.3 is 9.13 Å². The van der Waals surface area contributed by atoms with Crippen molar-refractivity contribution >= 4 is 97.7 Å². The van der Waals surface area contributed by atoms with Crippen LogP contribution < -0.4 is 0 Å². The summed E-state index contributed by atoms with van der Waals surface area (Å²) in [6.07, 6.45) is 0. The molecule has 0 amide bonds. The second-order valence-corrected chi connectivity index (χ2v) is 19.5. The van der Waals surface area contributed by atoms with Gasteiger partial charge in [-0.3, -0.25) is 4.57 Å². The monoisotopic (exact) mass is 954 g/mol. The largest absolute Gasteiger partial charge is 0.309 e. The Bertz CT molecular complexity index is 4970. The highest BCUT2D eigenvalue weighted by Crippen LogP contribution is 2.44. The summed E-state index contributed by atoms with van der Waals surface area (Å²) in [6.45, 7) is 0. The minimum Gasteiger partial charge on any atom is -0.309 e. The summed E-state index contributed by atoms with van der Waals surface area (Å²) in [5.41, 5.74) is 12.7. The van der Waals surface area contributed by atoms with Crippen LogP contribution in [0.15, 0.2) is 255 Å². The van der Waals surface area contributed by atoms with Crippen LogP contribution >= 0.6 is 0 Å². The van der Waals surface area contributed by atoms with Crippen molar-refractivity contribution in [1.29, 1.82) is 0 Å². The fraction of sp³-hybridized carbons (Fsp3) is 0. The number of rotatable bonds is 6. The molecule has 0 radical (unpaired) electrons. The summed E-state index contributed by atoms with van der Waals surface area (Å²) >= 11 is 0. The zero-order valence-corrected chi connectivity index (χ0v) is 40.4. The minimum atomic E-state index is 0.544. The molecule has 0 aliphatic carbocycles. The second kappa shape index (κ2) is 16.2. The first-order chi connectivity index (χ1) is 37.2. The van der Waals surface area contributed by atoms with Crippen molar-refractivity contribution in [2.45, 2.75) is 0 Å². The van der Waals surface area contributed by atoms with Crippen molar-refractivity contribution in [3.05, 3.63) is 255 Å². The van der Waals surface area contributed by atoms with Crippen molar-refractivity contribution in [3.8, 4) is 51.2 Å². The lowest BCUT2D eigenvalue weighted by Gasteiger charge is -2.15. The first-order valence-electron chi connectivity index (χ1n) is 25.5. The Morgan fingerprint density at radius 3 is 1.37 bits per heavy atom. The van der Waals surface area contributed by atoms with E-state index in [1.807, 2.05) is 18.2 Å². The SMILES string of the molecule is c1ccc(-c2nc(-c3cccc4c3c3ccccc3n4-c3ccccc3)nc(-n3c4ccccc4c4ccc5c6ccccc6n(-c6cccc(-c7ccc8c9ccccc9c9ccccc9c8c7)c6)c5c43)n2)cc1. The summed E-state index contributed by atoms with van der Waals surface area (Å²) in [5.74, 6) is 1.74. The smallest absolute Gasteiger partial charge is 0.238 e. The molecule has 0 atom stereocenters. The Hall–Kier alpha value is -10.2. The van der Waals surface area contributed by atoms with Crippen molar-refractivity contribution in [2.75, 3.05) is 0 Å². The third-order valence-electron chi connectivity index (χ3n) is 15.5.